The first-order chi connectivity index (χ1) is 18.1. The molecule has 0 unspecified atom stereocenters. The van der Waals surface area contributed by atoms with Crippen LogP contribution >= 0.6 is 0 Å². The molecular weight excluding hydrogens is 464 g/mol. The molecule has 0 aliphatic carbocycles. The van der Waals surface area contributed by atoms with Crippen LogP contribution in [0.3, 0.4) is 0 Å². The van der Waals surface area contributed by atoms with Crippen LogP contribution in [0.4, 0.5) is 0 Å². The molecule has 0 saturated heterocycles. The van der Waals surface area contributed by atoms with Gasteiger partial charge in [0.05, 0.1) is 13.2 Å². The van der Waals surface area contributed by atoms with Crippen molar-refractivity contribution in [2.75, 3.05) is 13.2 Å². The third kappa shape index (κ3) is 11.0. The van der Waals surface area contributed by atoms with Crippen molar-refractivity contribution in [2.24, 2.45) is 0 Å². The molecule has 0 bridgehead atoms. The smallest absolute Gasteiger partial charge is 0.123 e. The Kier molecular flexibility index (Phi) is 13.8. The van der Waals surface area contributed by atoms with Gasteiger partial charge in [0.2, 0.25) is 0 Å². The lowest BCUT2D eigenvalue weighted by molar-refractivity contribution is 0.296. The van der Waals surface area contributed by atoms with E-state index >= 15 is 0 Å². The molecule has 2 rings (SSSR count). The molecule has 0 aliphatic heterocycles. The van der Waals surface area contributed by atoms with E-state index in [-0.39, 0.29) is 10.8 Å². The molecule has 0 spiro atoms. The quantitative estimate of drug-likeness (QED) is 0.192. The van der Waals surface area contributed by atoms with E-state index in [2.05, 4.69) is 91.8 Å². The van der Waals surface area contributed by atoms with Crippen LogP contribution < -0.4 is 9.47 Å². The first-order valence-electron chi connectivity index (χ1n) is 15.6. The molecule has 0 radical (unpaired) electrons. The van der Waals surface area contributed by atoms with Gasteiger partial charge >= 0.3 is 0 Å². The molecule has 0 aromatic heterocycles. The first-order valence-corrected chi connectivity index (χ1v) is 15.6. The molecular formula is C36H58O2. The molecule has 0 aliphatic rings. The average molecular weight is 523 g/mol. The Balaban J connectivity index is 2.14. The Morgan fingerprint density at radius 1 is 0.474 bits per heavy atom. The monoisotopic (exact) mass is 522 g/mol. The van der Waals surface area contributed by atoms with Gasteiger partial charge in [0.15, 0.2) is 0 Å². The van der Waals surface area contributed by atoms with Gasteiger partial charge < -0.3 is 9.47 Å². The van der Waals surface area contributed by atoms with Crippen molar-refractivity contribution in [3.05, 3.63) is 47.5 Å². The average Bonchev–Trinajstić information content (AvgIpc) is 2.86. The molecule has 2 heteroatoms. The number of unbranched alkanes of at least 4 members (excludes halogenated alkanes) is 10. The van der Waals surface area contributed by atoms with Gasteiger partial charge in [-0.3, -0.25) is 0 Å². The normalized spacial score (nSPS) is 12.1. The Bertz CT molecular complexity index is 852. The van der Waals surface area contributed by atoms with E-state index in [0.29, 0.717) is 0 Å². The summed E-state index contributed by atoms with van der Waals surface area (Å²) in [7, 11) is 0. The first kappa shape index (κ1) is 32.3. The highest BCUT2D eigenvalue weighted by Gasteiger charge is 2.23. The fourth-order valence-electron chi connectivity index (χ4n) is 4.97. The highest BCUT2D eigenvalue weighted by Crippen LogP contribution is 2.39. The van der Waals surface area contributed by atoms with Gasteiger partial charge in [0.1, 0.15) is 11.5 Å². The van der Waals surface area contributed by atoms with Gasteiger partial charge in [0.25, 0.3) is 0 Å². The van der Waals surface area contributed by atoms with Crippen LogP contribution in [0, 0.1) is 0 Å². The van der Waals surface area contributed by atoms with E-state index < -0.39 is 0 Å². The van der Waals surface area contributed by atoms with Crippen LogP contribution in [-0.2, 0) is 10.8 Å². The van der Waals surface area contributed by atoms with Crippen LogP contribution in [0.5, 0.6) is 11.5 Å². The largest absolute Gasteiger partial charge is 0.493 e. The standard InChI is InChI=1S/C36H58O2/c1-9-11-13-15-17-19-25-37-33-23-21-29(27-31(33)35(3,4)5)30-22-24-34(32(28-30)36(6,7)8)38-26-20-18-16-14-12-10-2/h21-24,27-28H,9-20,25-26H2,1-8H3. The minimum absolute atomic E-state index is 0.0134. The van der Waals surface area contributed by atoms with Crippen molar-refractivity contribution in [1.29, 1.82) is 0 Å². The Morgan fingerprint density at radius 3 is 1.16 bits per heavy atom. The summed E-state index contributed by atoms with van der Waals surface area (Å²) >= 11 is 0. The predicted octanol–water partition coefficient (Wildman–Crippen LogP) is 11.4. The molecule has 0 heterocycles. The second-order valence-corrected chi connectivity index (χ2v) is 13.2. The van der Waals surface area contributed by atoms with E-state index in [0.717, 1.165) is 37.6 Å². The zero-order chi connectivity index (χ0) is 28.0. The topological polar surface area (TPSA) is 18.5 Å². The maximum Gasteiger partial charge on any atom is 0.123 e. The molecule has 2 aromatic rings. The highest BCUT2D eigenvalue weighted by molar-refractivity contribution is 5.69. The summed E-state index contributed by atoms with van der Waals surface area (Å²) in [5.41, 5.74) is 5.08. The Labute approximate surface area is 235 Å². The fraction of sp³-hybridized carbons (Fsp3) is 0.667. The maximum atomic E-state index is 6.32. The van der Waals surface area contributed by atoms with Gasteiger partial charge in [-0.2, -0.15) is 0 Å². The van der Waals surface area contributed by atoms with Gasteiger partial charge in [-0.05, 0) is 59.1 Å². The summed E-state index contributed by atoms with van der Waals surface area (Å²) in [6.45, 7) is 19.8. The van der Waals surface area contributed by atoms with Crippen molar-refractivity contribution in [1.82, 2.24) is 0 Å². The number of benzene rings is 2. The summed E-state index contributed by atoms with van der Waals surface area (Å²) < 4.78 is 12.6. The second-order valence-electron chi connectivity index (χ2n) is 13.2. The summed E-state index contributed by atoms with van der Waals surface area (Å²) in [6, 6.07) is 13.5. The number of hydrogen-bond donors (Lipinski definition) is 0. The van der Waals surface area contributed by atoms with E-state index in [4.69, 9.17) is 9.47 Å². The van der Waals surface area contributed by atoms with E-state index in [1.165, 1.54) is 86.5 Å². The molecule has 0 N–H and O–H groups in total. The van der Waals surface area contributed by atoms with E-state index in [9.17, 15) is 0 Å². The van der Waals surface area contributed by atoms with Crippen LogP contribution in [0.2, 0.25) is 0 Å². The van der Waals surface area contributed by atoms with Crippen molar-refractivity contribution >= 4 is 0 Å². The molecule has 0 amide bonds. The van der Waals surface area contributed by atoms with Crippen LogP contribution in [0.1, 0.15) is 144 Å². The lowest BCUT2D eigenvalue weighted by Crippen LogP contribution is -2.15. The van der Waals surface area contributed by atoms with Crippen LogP contribution in [-0.4, -0.2) is 13.2 Å². The summed E-state index contributed by atoms with van der Waals surface area (Å²) in [5, 5.41) is 0. The summed E-state index contributed by atoms with van der Waals surface area (Å²) in [5.74, 6) is 2.06. The summed E-state index contributed by atoms with van der Waals surface area (Å²) in [4.78, 5) is 0. The molecule has 0 saturated carbocycles. The van der Waals surface area contributed by atoms with Crippen molar-refractivity contribution in [2.45, 2.75) is 143 Å². The fourth-order valence-corrected chi connectivity index (χ4v) is 4.97. The van der Waals surface area contributed by atoms with Crippen molar-refractivity contribution in [3.8, 4) is 22.6 Å². The Hall–Kier alpha value is -1.96. The molecule has 214 valence electrons. The SMILES string of the molecule is CCCCCCCCOc1ccc(-c2ccc(OCCCCCCCC)c(C(C)(C)C)c2)cc1C(C)(C)C. The molecule has 2 nitrogen and oxygen atoms in total. The number of hydrogen-bond acceptors (Lipinski definition) is 2. The highest BCUT2D eigenvalue weighted by atomic mass is 16.5. The maximum absolute atomic E-state index is 6.32. The van der Waals surface area contributed by atoms with Crippen LogP contribution in [0.25, 0.3) is 11.1 Å². The molecule has 0 fully saturated rings. The predicted molar refractivity (Wildman–Crippen MR) is 167 cm³/mol. The third-order valence-corrected chi connectivity index (χ3v) is 7.42. The van der Waals surface area contributed by atoms with Gasteiger partial charge in [-0.15, -0.1) is 0 Å². The van der Waals surface area contributed by atoms with Gasteiger partial charge in [-0.1, -0.05) is 132 Å². The minimum Gasteiger partial charge on any atom is -0.493 e. The summed E-state index contributed by atoms with van der Waals surface area (Å²) in [6.07, 6.45) is 15.4. The number of ether oxygens (including phenoxy) is 2. The second kappa shape index (κ2) is 16.2. The minimum atomic E-state index is 0.0134. The third-order valence-electron chi connectivity index (χ3n) is 7.42. The van der Waals surface area contributed by atoms with Crippen molar-refractivity contribution < 1.29 is 9.47 Å². The lowest BCUT2D eigenvalue weighted by atomic mass is 9.82. The molecule has 2 aromatic carbocycles. The molecule has 38 heavy (non-hydrogen) atoms. The number of rotatable bonds is 17. The zero-order valence-corrected chi connectivity index (χ0v) is 26.2. The molecule has 0 atom stereocenters. The van der Waals surface area contributed by atoms with E-state index in [1.54, 1.807) is 0 Å². The lowest BCUT2D eigenvalue weighted by Gasteiger charge is -2.26. The Morgan fingerprint density at radius 2 is 0.816 bits per heavy atom. The van der Waals surface area contributed by atoms with Crippen LogP contribution in [0.15, 0.2) is 36.4 Å². The van der Waals surface area contributed by atoms with Crippen molar-refractivity contribution in [3.63, 3.8) is 0 Å². The van der Waals surface area contributed by atoms with Gasteiger partial charge in [0, 0.05) is 11.1 Å². The zero-order valence-electron chi connectivity index (χ0n) is 26.2. The van der Waals surface area contributed by atoms with E-state index in [1.807, 2.05) is 0 Å². The van der Waals surface area contributed by atoms with Gasteiger partial charge in [-0.25, -0.2) is 0 Å².